The molecule has 0 N–H and O–H groups in total. The molecule has 1 aliphatic heterocycles. The van der Waals surface area contributed by atoms with E-state index in [1.165, 1.54) is 23.4 Å². The number of hydrogen-bond donors (Lipinski definition) is 0. The van der Waals surface area contributed by atoms with Crippen molar-refractivity contribution in [2.45, 2.75) is 16.7 Å². The third-order valence-electron chi connectivity index (χ3n) is 3.50. The molecule has 0 fully saturated rings. The van der Waals surface area contributed by atoms with Crippen LogP contribution in [0.3, 0.4) is 0 Å². The summed E-state index contributed by atoms with van der Waals surface area (Å²) >= 11 is 1.54. The molecule has 0 saturated carbocycles. The summed E-state index contributed by atoms with van der Waals surface area (Å²) in [7, 11) is -3.69. The predicted molar refractivity (Wildman–Crippen MR) is 86.6 cm³/mol. The molecule has 3 rings (SSSR count). The van der Waals surface area contributed by atoms with Crippen molar-refractivity contribution in [3.63, 3.8) is 0 Å². The number of rotatable bonds is 4. The number of nitrogens with zero attached hydrogens (tertiary/aromatic N) is 1. The third-order valence-corrected chi connectivity index (χ3v) is 6.33. The number of thioether (sulfide) groups is 1. The quantitative estimate of drug-likeness (QED) is 0.807. The molecule has 0 saturated heterocycles. The Hall–Kier alpha value is -1.79. The van der Waals surface area contributed by atoms with E-state index in [2.05, 4.69) is 0 Å². The lowest BCUT2D eigenvalue weighted by Gasteiger charge is -2.14. The van der Waals surface area contributed by atoms with Gasteiger partial charge in [0.05, 0.1) is 5.56 Å². The second-order valence-corrected chi connectivity index (χ2v) is 8.04. The maximum atomic E-state index is 12.4. The molecule has 1 aliphatic rings. The van der Waals surface area contributed by atoms with Crippen molar-refractivity contribution in [2.24, 2.45) is 0 Å². The summed E-state index contributed by atoms with van der Waals surface area (Å²) in [6, 6.07) is 14.4. The lowest BCUT2D eigenvalue weighted by atomic mass is 10.2. The molecule has 1 heterocycles. The van der Waals surface area contributed by atoms with E-state index in [4.69, 9.17) is 0 Å². The summed E-state index contributed by atoms with van der Waals surface area (Å²) in [4.78, 5) is 13.4. The van der Waals surface area contributed by atoms with Crippen LogP contribution in [0.15, 0.2) is 58.3 Å². The highest BCUT2D eigenvalue weighted by atomic mass is 32.2. The normalized spacial score (nSPS) is 15.9. The lowest BCUT2D eigenvalue weighted by molar-refractivity contribution is 0.0876. The first-order chi connectivity index (χ1) is 10.5. The molecule has 2 aromatic rings. The molecule has 0 aliphatic carbocycles. The number of fused-ring (bicyclic) bond motifs is 1. The van der Waals surface area contributed by atoms with Crippen LogP contribution >= 0.6 is 11.8 Å². The smallest absolute Gasteiger partial charge is 0.268 e. The predicted octanol–water partition coefficient (Wildman–Crippen LogP) is 2.93. The first-order valence-corrected chi connectivity index (χ1v) is 9.28. The first-order valence-electron chi connectivity index (χ1n) is 6.86. The van der Waals surface area contributed by atoms with E-state index >= 15 is 0 Å². The fraction of sp³-hybridized carbons (Fsp3) is 0.188. The van der Waals surface area contributed by atoms with Crippen LogP contribution < -0.4 is 0 Å². The molecule has 4 nitrogen and oxygen atoms in total. The number of amides is 1. The van der Waals surface area contributed by atoms with Gasteiger partial charge >= 0.3 is 0 Å². The van der Waals surface area contributed by atoms with Crippen molar-refractivity contribution in [2.75, 3.05) is 12.3 Å². The minimum atomic E-state index is -3.69. The maximum Gasteiger partial charge on any atom is 0.269 e. The fourth-order valence-electron chi connectivity index (χ4n) is 2.33. The van der Waals surface area contributed by atoms with Crippen molar-refractivity contribution in [3.8, 4) is 0 Å². The van der Waals surface area contributed by atoms with Gasteiger partial charge in [0, 0.05) is 17.2 Å². The van der Waals surface area contributed by atoms with Crippen LogP contribution in [0.5, 0.6) is 0 Å². The molecule has 0 spiro atoms. The second-order valence-electron chi connectivity index (χ2n) is 5.04. The number of carbonyl (C=O) groups excluding carboxylic acids is 1. The van der Waals surface area contributed by atoms with E-state index in [1.807, 2.05) is 31.2 Å². The van der Waals surface area contributed by atoms with Crippen molar-refractivity contribution in [3.05, 3.63) is 59.7 Å². The molecular formula is C16H15NO3S2. The summed E-state index contributed by atoms with van der Waals surface area (Å²) in [5.74, 6) is 0.0993. The Kier molecular flexibility index (Phi) is 3.97. The number of sulfonamides is 1. The van der Waals surface area contributed by atoms with Gasteiger partial charge in [-0.1, -0.05) is 29.8 Å². The van der Waals surface area contributed by atoms with E-state index < -0.39 is 15.9 Å². The Bertz CT molecular complexity index is 814. The minimum absolute atomic E-state index is 0.111. The van der Waals surface area contributed by atoms with E-state index in [9.17, 15) is 13.2 Å². The molecule has 0 unspecified atom stereocenters. The Labute approximate surface area is 134 Å². The highest BCUT2D eigenvalue weighted by molar-refractivity contribution is 7.99. The number of aryl methyl sites for hydroxylation is 1. The van der Waals surface area contributed by atoms with Gasteiger partial charge in [-0.05, 0) is 31.2 Å². The summed E-state index contributed by atoms with van der Waals surface area (Å²) in [5.41, 5.74) is 1.44. The van der Waals surface area contributed by atoms with Crippen molar-refractivity contribution < 1.29 is 13.2 Å². The topological polar surface area (TPSA) is 54.5 Å². The van der Waals surface area contributed by atoms with Crippen LogP contribution in [0.25, 0.3) is 0 Å². The van der Waals surface area contributed by atoms with E-state index in [0.717, 1.165) is 9.20 Å². The number of benzene rings is 2. The van der Waals surface area contributed by atoms with Gasteiger partial charge in [0.2, 0.25) is 0 Å². The first kappa shape index (κ1) is 15.1. The zero-order valence-corrected chi connectivity index (χ0v) is 13.7. The maximum absolute atomic E-state index is 12.4. The molecule has 1 amide bonds. The van der Waals surface area contributed by atoms with Crippen LogP contribution in [0.2, 0.25) is 0 Å². The number of carbonyl (C=O) groups is 1. The van der Waals surface area contributed by atoms with Crippen LogP contribution in [0.4, 0.5) is 0 Å². The lowest BCUT2D eigenvalue weighted by Crippen LogP contribution is -2.32. The zero-order valence-electron chi connectivity index (χ0n) is 12.0. The molecule has 0 aromatic heterocycles. The Balaban J connectivity index is 1.71. The van der Waals surface area contributed by atoms with Gasteiger partial charge in [-0.3, -0.25) is 4.79 Å². The van der Waals surface area contributed by atoms with Crippen molar-refractivity contribution in [1.82, 2.24) is 4.31 Å². The SMILES string of the molecule is Cc1ccc(SCCN2C(=O)c3ccccc3S2(=O)=O)cc1. The van der Waals surface area contributed by atoms with Gasteiger partial charge in [0.1, 0.15) is 4.90 Å². The molecular weight excluding hydrogens is 318 g/mol. The highest BCUT2D eigenvalue weighted by Crippen LogP contribution is 2.30. The average Bonchev–Trinajstić information content (AvgIpc) is 2.70. The summed E-state index contributed by atoms with van der Waals surface area (Å²) in [5, 5.41) is 0. The summed E-state index contributed by atoms with van der Waals surface area (Å²) < 4.78 is 25.7. The van der Waals surface area contributed by atoms with E-state index in [0.29, 0.717) is 5.75 Å². The molecule has 114 valence electrons. The fourth-order valence-corrected chi connectivity index (χ4v) is 4.86. The van der Waals surface area contributed by atoms with Crippen LogP contribution in [0.1, 0.15) is 15.9 Å². The standard InChI is InChI=1S/C16H15NO3S2/c1-12-6-8-13(9-7-12)21-11-10-17-16(18)14-4-2-3-5-15(14)22(17,19)20/h2-9H,10-11H2,1H3. The monoisotopic (exact) mass is 333 g/mol. The summed E-state index contributed by atoms with van der Waals surface area (Å²) in [6.45, 7) is 2.19. The van der Waals surface area contributed by atoms with Gasteiger partial charge in [-0.25, -0.2) is 12.7 Å². The van der Waals surface area contributed by atoms with Crippen LogP contribution in [-0.4, -0.2) is 30.9 Å². The molecule has 0 atom stereocenters. The molecule has 0 radical (unpaired) electrons. The van der Waals surface area contributed by atoms with E-state index in [1.54, 1.807) is 18.2 Å². The van der Waals surface area contributed by atoms with E-state index in [-0.39, 0.29) is 17.0 Å². The molecule has 0 bridgehead atoms. The molecule has 2 aromatic carbocycles. The van der Waals surface area contributed by atoms with Crippen molar-refractivity contribution in [1.29, 1.82) is 0 Å². The second kappa shape index (κ2) is 5.78. The van der Waals surface area contributed by atoms with Gasteiger partial charge in [-0.2, -0.15) is 0 Å². The van der Waals surface area contributed by atoms with Crippen LogP contribution in [0, 0.1) is 6.92 Å². The zero-order chi connectivity index (χ0) is 15.7. The largest absolute Gasteiger partial charge is 0.269 e. The minimum Gasteiger partial charge on any atom is -0.268 e. The Morgan fingerprint density at radius 2 is 1.73 bits per heavy atom. The third kappa shape index (κ3) is 2.64. The molecule has 22 heavy (non-hydrogen) atoms. The summed E-state index contributed by atoms with van der Waals surface area (Å²) in [6.07, 6.45) is 0. The van der Waals surface area contributed by atoms with Gasteiger partial charge in [0.15, 0.2) is 0 Å². The molecule has 6 heteroatoms. The Morgan fingerprint density at radius 3 is 2.41 bits per heavy atom. The van der Waals surface area contributed by atoms with Crippen molar-refractivity contribution >= 4 is 27.7 Å². The number of hydrogen-bond acceptors (Lipinski definition) is 4. The Morgan fingerprint density at radius 1 is 1.05 bits per heavy atom. The van der Waals surface area contributed by atoms with Gasteiger partial charge < -0.3 is 0 Å². The van der Waals surface area contributed by atoms with Crippen LogP contribution in [-0.2, 0) is 10.0 Å². The van der Waals surface area contributed by atoms with Gasteiger partial charge in [-0.15, -0.1) is 11.8 Å². The highest BCUT2D eigenvalue weighted by Gasteiger charge is 2.40. The average molecular weight is 333 g/mol. The van der Waals surface area contributed by atoms with Gasteiger partial charge in [0.25, 0.3) is 15.9 Å².